The summed E-state index contributed by atoms with van der Waals surface area (Å²) in [5, 5.41) is 6.89. The molecule has 0 atom stereocenters. The number of fused-ring (bicyclic) bond motifs is 1. The van der Waals surface area contributed by atoms with E-state index in [2.05, 4.69) is 20.4 Å². The van der Waals surface area contributed by atoms with Gasteiger partial charge in [0.2, 0.25) is 5.82 Å². The summed E-state index contributed by atoms with van der Waals surface area (Å²) in [4.78, 5) is 21.3. The van der Waals surface area contributed by atoms with Crippen molar-refractivity contribution in [2.45, 2.75) is 13.5 Å². The van der Waals surface area contributed by atoms with Crippen LogP contribution in [0, 0.1) is 6.92 Å². The van der Waals surface area contributed by atoms with Crippen LogP contribution in [-0.2, 0) is 11.3 Å². The number of ether oxygens (including phenoxy) is 1. The monoisotopic (exact) mass is 363 g/mol. The summed E-state index contributed by atoms with van der Waals surface area (Å²) in [6, 6.07) is 11.2. The number of pyridine rings is 1. The molecular weight excluding hydrogens is 346 g/mol. The van der Waals surface area contributed by atoms with Gasteiger partial charge in [0.25, 0.3) is 11.8 Å². The Morgan fingerprint density at radius 3 is 3.04 bits per heavy atom. The molecule has 0 aliphatic heterocycles. The average molecular weight is 363 g/mol. The van der Waals surface area contributed by atoms with Gasteiger partial charge in [0.15, 0.2) is 0 Å². The number of carbonyl (C=O) groups is 1. The predicted octanol–water partition coefficient (Wildman–Crippen LogP) is 3.09. The Morgan fingerprint density at radius 1 is 1.30 bits per heavy atom. The van der Waals surface area contributed by atoms with E-state index in [1.807, 2.05) is 43.3 Å². The molecule has 1 aromatic carbocycles. The Morgan fingerprint density at radius 2 is 2.19 bits per heavy atom. The molecule has 3 aromatic heterocycles. The van der Waals surface area contributed by atoms with Gasteiger partial charge in [-0.25, -0.2) is 4.98 Å². The number of methoxy groups -OCH3 is 1. The number of nitrogens with zero attached hydrogens (tertiary/aromatic N) is 4. The van der Waals surface area contributed by atoms with E-state index in [1.165, 1.54) is 0 Å². The molecule has 4 rings (SSSR count). The fraction of sp³-hybridized carbons (Fsp3) is 0.158. The second kappa shape index (κ2) is 7.00. The molecule has 3 heterocycles. The number of imidazole rings is 1. The minimum absolute atomic E-state index is 0.247. The van der Waals surface area contributed by atoms with Crippen LogP contribution in [0.5, 0.6) is 0 Å². The third kappa shape index (κ3) is 3.30. The molecule has 27 heavy (non-hydrogen) atoms. The lowest BCUT2D eigenvalue weighted by Crippen LogP contribution is -2.15. The van der Waals surface area contributed by atoms with Gasteiger partial charge in [-0.15, -0.1) is 0 Å². The second-order valence-corrected chi connectivity index (χ2v) is 6.00. The van der Waals surface area contributed by atoms with Crippen molar-refractivity contribution in [3.63, 3.8) is 0 Å². The van der Waals surface area contributed by atoms with E-state index in [0.29, 0.717) is 28.7 Å². The second-order valence-electron chi connectivity index (χ2n) is 6.00. The average Bonchev–Trinajstić information content (AvgIpc) is 3.31. The van der Waals surface area contributed by atoms with Gasteiger partial charge in [0, 0.05) is 24.6 Å². The van der Waals surface area contributed by atoms with Crippen molar-refractivity contribution < 1.29 is 14.1 Å². The van der Waals surface area contributed by atoms with E-state index in [1.54, 1.807) is 23.9 Å². The van der Waals surface area contributed by atoms with Crippen molar-refractivity contribution in [1.29, 1.82) is 0 Å². The summed E-state index contributed by atoms with van der Waals surface area (Å²) >= 11 is 0. The van der Waals surface area contributed by atoms with Gasteiger partial charge in [0.1, 0.15) is 17.9 Å². The molecule has 8 heteroatoms. The van der Waals surface area contributed by atoms with Crippen molar-refractivity contribution in [3.8, 4) is 11.4 Å². The first kappa shape index (κ1) is 16.9. The summed E-state index contributed by atoms with van der Waals surface area (Å²) in [6.45, 7) is 2.16. The summed E-state index contributed by atoms with van der Waals surface area (Å²) in [6.07, 6.45) is 3.36. The SMILES string of the molecule is COCc1nc(-c2ccc(C)c(NC(=O)c3cnc4ccccn34)c2)no1. The molecule has 0 saturated carbocycles. The zero-order chi connectivity index (χ0) is 18.8. The van der Waals surface area contributed by atoms with Crippen LogP contribution in [0.1, 0.15) is 21.9 Å². The number of aromatic nitrogens is 4. The van der Waals surface area contributed by atoms with Crippen molar-refractivity contribution in [2.75, 3.05) is 12.4 Å². The number of amides is 1. The molecule has 0 saturated heterocycles. The van der Waals surface area contributed by atoms with Crippen molar-refractivity contribution >= 4 is 17.2 Å². The molecule has 0 fully saturated rings. The topological polar surface area (TPSA) is 94.5 Å². The normalized spacial score (nSPS) is 11.0. The Hall–Kier alpha value is -3.52. The number of anilines is 1. The van der Waals surface area contributed by atoms with Gasteiger partial charge in [-0.05, 0) is 30.7 Å². The minimum atomic E-state index is -0.248. The molecule has 136 valence electrons. The van der Waals surface area contributed by atoms with Crippen molar-refractivity contribution in [1.82, 2.24) is 19.5 Å². The quantitative estimate of drug-likeness (QED) is 0.585. The molecule has 0 spiro atoms. The van der Waals surface area contributed by atoms with Gasteiger partial charge in [0.05, 0.1) is 6.20 Å². The molecule has 4 aromatic rings. The van der Waals surface area contributed by atoms with Gasteiger partial charge in [-0.3, -0.25) is 9.20 Å². The number of aryl methyl sites for hydroxylation is 1. The lowest BCUT2D eigenvalue weighted by molar-refractivity contribution is 0.102. The molecule has 0 radical (unpaired) electrons. The fourth-order valence-electron chi connectivity index (χ4n) is 2.74. The van der Waals surface area contributed by atoms with E-state index in [0.717, 1.165) is 11.1 Å². The van der Waals surface area contributed by atoms with Crippen LogP contribution in [0.2, 0.25) is 0 Å². The van der Waals surface area contributed by atoms with E-state index >= 15 is 0 Å². The lowest BCUT2D eigenvalue weighted by Gasteiger charge is -2.09. The van der Waals surface area contributed by atoms with Crippen LogP contribution in [0.3, 0.4) is 0 Å². The molecule has 0 bridgehead atoms. The Kier molecular flexibility index (Phi) is 4.39. The Balaban J connectivity index is 1.62. The van der Waals surface area contributed by atoms with E-state index in [-0.39, 0.29) is 12.5 Å². The number of carbonyl (C=O) groups excluding carboxylic acids is 1. The first-order valence-corrected chi connectivity index (χ1v) is 8.31. The van der Waals surface area contributed by atoms with Crippen LogP contribution >= 0.6 is 0 Å². The zero-order valence-corrected chi connectivity index (χ0v) is 14.8. The number of hydrogen-bond donors (Lipinski definition) is 1. The third-order valence-corrected chi connectivity index (χ3v) is 4.13. The Bertz CT molecular complexity index is 1120. The first-order chi connectivity index (χ1) is 13.2. The highest BCUT2D eigenvalue weighted by Crippen LogP contribution is 2.24. The smallest absolute Gasteiger partial charge is 0.274 e. The molecule has 0 unspecified atom stereocenters. The van der Waals surface area contributed by atoms with Crippen LogP contribution in [0.25, 0.3) is 17.0 Å². The summed E-state index contributed by atoms with van der Waals surface area (Å²) < 4.78 is 11.9. The highest BCUT2D eigenvalue weighted by atomic mass is 16.5. The molecule has 1 N–H and O–H groups in total. The van der Waals surface area contributed by atoms with Crippen LogP contribution in [-0.4, -0.2) is 32.5 Å². The maximum atomic E-state index is 12.7. The number of rotatable bonds is 5. The van der Waals surface area contributed by atoms with Crippen molar-refractivity contribution in [3.05, 3.63) is 65.9 Å². The van der Waals surface area contributed by atoms with Gasteiger partial charge in [-0.2, -0.15) is 4.98 Å². The fourth-order valence-corrected chi connectivity index (χ4v) is 2.74. The zero-order valence-electron chi connectivity index (χ0n) is 14.8. The largest absolute Gasteiger partial charge is 0.375 e. The van der Waals surface area contributed by atoms with Gasteiger partial charge in [-0.1, -0.05) is 23.4 Å². The molecular formula is C19H17N5O3. The van der Waals surface area contributed by atoms with E-state index in [4.69, 9.17) is 9.26 Å². The summed E-state index contributed by atoms with van der Waals surface area (Å²) in [5.74, 6) is 0.582. The molecule has 1 amide bonds. The third-order valence-electron chi connectivity index (χ3n) is 4.13. The van der Waals surface area contributed by atoms with E-state index < -0.39 is 0 Å². The molecule has 0 aliphatic rings. The van der Waals surface area contributed by atoms with Gasteiger partial charge >= 0.3 is 0 Å². The summed E-state index contributed by atoms with van der Waals surface area (Å²) in [5.41, 5.74) is 3.49. The first-order valence-electron chi connectivity index (χ1n) is 8.31. The highest BCUT2D eigenvalue weighted by molar-refractivity contribution is 6.04. The maximum Gasteiger partial charge on any atom is 0.274 e. The maximum absolute atomic E-state index is 12.7. The van der Waals surface area contributed by atoms with Gasteiger partial charge < -0.3 is 14.6 Å². The summed E-state index contributed by atoms with van der Waals surface area (Å²) in [7, 11) is 1.56. The predicted molar refractivity (Wildman–Crippen MR) is 98.3 cm³/mol. The standard InChI is InChI=1S/C19H17N5O3/c1-12-6-7-13(18-22-17(11-26-2)27-23-18)9-14(12)21-19(25)15-10-20-16-5-3-4-8-24(15)16/h3-10H,11H2,1-2H3,(H,21,25). The molecule has 8 nitrogen and oxygen atoms in total. The number of hydrogen-bond acceptors (Lipinski definition) is 6. The molecule has 0 aliphatic carbocycles. The van der Waals surface area contributed by atoms with Crippen LogP contribution < -0.4 is 5.32 Å². The number of nitrogens with one attached hydrogen (secondary N) is 1. The number of benzene rings is 1. The van der Waals surface area contributed by atoms with Crippen LogP contribution in [0.15, 0.2) is 53.3 Å². The van der Waals surface area contributed by atoms with E-state index in [9.17, 15) is 4.79 Å². The Labute approximate surface area is 154 Å². The lowest BCUT2D eigenvalue weighted by atomic mass is 10.1. The highest BCUT2D eigenvalue weighted by Gasteiger charge is 2.15. The minimum Gasteiger partial charge on any atom is -0.375 e. The van der Waals surface area contributed by atoms with Crippen LogP contribution in [0.4, 0.5) is 5.69 Å². The van der Waals surface area contributed by atoms with Crippen molar-refractivity contribution in [2.24, 2.45) is 0 Å².